The van der Waals surface area contributed by atoms with Crippen LogP contribution in [-0.4, -0.2) is 27.8 Å². The van der Waals surface area contributed by atoms with Gasteiger partial charge in [0.15, 0.2) is 0 Å². The molecule has 21 heavy (non-hydrogen) atoms. The smallest absolute Gasteiger partial charge is 0.348 e. The standard InChI is InChI=1S/C15H13N3O3/c19-14-11-3-1-2-4-13(11)21-15(20)12(14)8-16-6-5-10-7-17-9-18-10/h1-4,7-9,19H,5-6H2,(H,17,18). The van der Waals surface area contributed by atoms with Crippen molar-refractivity contribution in [2.75, 3.05) is 6.54 Å². The Kier molecular flexibility index (Phi) is 3.51. The molecular formula is C15H13N3O3. The van der Waals surface area contributed by atoms with E-state index in [2.05, 4.69) is 15.0 Å². The van der Waals surface area contributed by atoms with Crippen LogP contribution in [0.25, 0.3) is 11.0 Å². The summed E-state index contributed by atoms with van der Waals surface area (Å²) in [6.07, 6.45) is 5.35. The Morgan fingerprint density at radius 1 is 1.38 bits per heavy atom. The summed E-state index contributed by atoms with van der Waals surface area (Å²) in [6, 6.07) is 6.83. The quantitative estimate of drug-likeness (QED) is 0.565. The van der Waals surface area contributed by atoms with Crippen molar-refractivity contribution in [3.63, 3.8) is 0 Å². The Balaban J connectivity index is 1.85. The molecule has 2 aromatic heterocycles. The molecule has 0 aliphatic carbocycles. The first kappa shape index (κ1) is 13.1. The fraction of sp³-hybridized carbons (Fsp3) is 0.133. The van der Waals surface area contributed by atoms with Gasteiger partial charge in [-0.3, -0.25) is 4.99 Å². The van der Waals surface area contributed by atoms with Gasteiger partial charge >= 0.3 is 5.63 Å². The number of aromatic nitrogens is 2. The van der Waals surface area contributed by atoms with E-state index in [4.69, 9.17) is 4.42 Å². The SMILES string of the molecule is O=c1oc2ccccc2c(O)c1C=NCCc1cnc[nH]1. The maximum atomic E-state index is 11.8. The molecule has 106 valence electrons. The van der Waals surface area contributed by atoms with Crippen molar-refractivity contribution in [2.24, 2.45) is 4.99 Å². The molecule has 0 aliphatic heterocycles. The number of hydrogen-bond donors (Lipinski definition) is 2. The Hall–Kier alpha value is -2.89. The molecule has 0 saturated heterocycles. The van der Waals surface area contributed by atoms with Gasteiger partial charge in [-0.1, -0.05) is 12.1 Å². The Morgan fingerprint density at radius 3 is 3.05 bits per heavy atom. The van der Waals surface area contributed by atoms with Crippen LogP contribution in [0.3, 0.4) is 0 Å². The first-order valence-electron chi connectivity index (χ1n) is 6.47. The van der Waals surface area contributed by atoms with E-state index in [9.17, 15) is 9.90 Å². The third kappa shape index (κ3) is 2.69. The van der Waals surface area contributed by atoms with E-state index in [-0.39, 0.29) is 11.3 Å². The van der Waals surface area contributed by atoms with Gasteiger partial charge < -0.3 is 14.5 Å². The second-order valence-corrected chi connectivity index (χ2v) is 4.51. The molecule has 0 unspecified atom stereocenters. The zero-order valence-corrected chi connectivity index (χ0v) is 11.1. The van der Waals surface area contributed by atoms with Crippen molar-refractivity contribution in [3.8, 4) is 5.75 Å². The summed E-state index contributed by atoms with van der Waals surface area (Å²) in [5, 5.41) is 10.6. The number of aliphatic imine (C=N–C) groups is 1. The number of aromatic amines is 1. The average Bonchev–Trinajstić information content (AvgIpc) is 2.99. The maximum absolute atomic E-state index is 11.8. The number of fused-ring (bicyclic) bond motifs is 1. The van der Waals surface area contributed by atoms with E-state index in [1.807, 2.05) is 0 Å². The fourth-order valence-electron chi connectivity index (χ4n) is 2.02. The van der Waals surface area contributed by atoms with E-state index < -0.39 is 5.63 Å². The summed E-state index contributed by atoms with van der Waals surface area (Å²) in [6.45, 7) is 0.480. The number of hydrogen-bond acceptors (Lipinski definition) is 5. The molecule has 2 heterocycles. The maximum Gasteiger partial charge on any atom is 0.348 e. The second kappa shape index (κ2) is 5.62. The molecule has 2 N–H and O–H groups in total. The van der Waals surface area contributed by atoms with Crippen LogP contribution in [0.5, 0.6) is 5.75 Å². The van der Waals surface area contributed by atoms with E-state index in [0.717, 1.165) is 5.69 Å². The van der Waals surface area contributed by atoms with E-state index >= 15 is 0 Å². The summed E-state index contributed by atoms with van der Waals surface area (Å²) >= 11 is 0. The molecule has 0 bridgehead atoms. The highest BCUT2D eigenvalue weighted by Crippen LogP contribution is 2.24. The molecule has 1 aromatic carbocycles. The van der Waals surface area contributed by atoms with Crippen molar-refractivity contribution in [3.05, 3.63) is 58.5 Å². The summed E-state index contributed by atoms with van der Waals surface area (Å²) in [4.78, 5) is 22.9. The number of para-hydroxylation sites is 1. The van der Waals surface area contributed by atoms with Gasteiger partial charge in [-0.2, -0.15) is 0 Å². The lowest BCUT2D eigenvalue weighted by atomic mass is 10.1. The zero-order chi connectivity index (χ0) is 14.7. The van der Waals surface area contributed by atoms with Crippen molar-refractivity contribution in [2.45, 2.75) is 6.42 Å². The largest absolute Gasteiger partial charge is 0.506 e. The number of benzene rings is 1. The van der Waals surface area contributed by atoms with Crippen molar-refractivity contribution < 1.29 is 9.52 Å². The zero-order valence-electron chi connectivity index (χ0n) is 11.1. The topological polar surface area (TPSA) is 91.5 Å². The predicted molar refractivity (Wildman–Crippen MR) is 78.9 cm³/mol. The Bertz CT molecular complexity index is 835. The van der Waals surface area contributed by atoms with Gasteiger partial charge in [0, 0.05) is 31.1 Å². The molecule has 0 radical (unpaired) electrons. The normalized spacial score (nSPS) is 11.4. The minimum atomic E-state index is -0.600. The lowest BCUT2D eigenvalue weighted by Crippen LogP contribution is -2.07. The van der Waals surface area contributed by atoms with Crippen LogP contribution in [0.4, 0.5) is 0 Å². The van der Waals surface area contributed by atoms with Gasteiger partial charge in [0.25, 0.3) is 0 Å². The van der Waals surface area contributed by atoms with Crippen LogP contribution in [0.1, 0.15) is 11.3 Å². The van der Waals surface area contributed by atoms with Crippen LogP contribution in [0, 0.1) is 0 Å². The van der Waals surface area contributed by atoms with Crippen LogP contribution >= 0.6 is 0 Å². The molecule has 3 aromatic rings. The molecule has 0 atom stereocenters. The molecule has 6 nitrogen and oxygen atoms in total. The van der Waals surface area contributed by atoms with Crippen molar-refractivity contribution >= 4 is 17.2 Å². The summed E-state index contributed by atoms with van der Waals surface area (Å²) in [5.74, 6) is -0.104. The molecule has 6 heteroatoms. The molecule has 0 fully saturated rings. The first-order valence-corrected chi connectivity index (χ1v) is 6.47. The highest BCUT2D eigenvalue weighted by Gasteiger charge is 2.11. The molecule has 0 spiro atoms. The van der Waals surface area contributed by atoms with Gasteiger partial charge in [0.05, 0.1) is 11.7 Å². The van der Waals surface area contributed by atoms with E-state index in [1.54, 1.807) is 36.8 Å². The molecule has 0 saturated carbocycles. The molecule has 0 amide bonds. The first-order chi connectivity index (χ1) is 10.3. The van der Waals surface area contributed by atoms with Crippen LogP contribution in [0.15, 0.2) is 51.0 Å². The minimum Gasteiger partial charge on any atom is -0.506 e. The lowest BCUT2D eigenvalue weighted by Gasteiger charge is -2.02. The third-order valence-electron chi connectivity index (χ3n) is 3.11. The Labute approximate surface area is 119 Å². The molecule has 3 rings (SSSR count). The van der Waals surface area contributed by atoms with Gasteiger partial charge in [-0.25, -0.2) is 9.78 Å². The summed E-state index contributed by atoms with van der Waals surface area (Å²) in [5.41, 5.74) is 0.784. The second-order valence-electron chi connectivity index (χ2n) is 4.51. The third-order valence-corrected chi connectivity index (χ3v) is 3.11. The predicted octanol–water partition coefficient (Wildman–Crippen LogP) is 1.88. The molecular weight excluding hydrogens is 270 g/mol. The summed E-state index contributed by atoms with van der Waals surface area (Å²) < 4.78 is 5.15. The van der Waals surface area contributed by atoms with Crippen LogP contribution in [-0.2, 0) is 6.42 Å². The highest BCUT2D eigenvalue weighted by molar-refractivity contribution is 5.93. The number of rotatable bonds is 4. The van der Waals surface area contributed by atoms with Gasteiger partial charge in [-0.15, -0.1) is 0 Å². The number of imidazole rings is 1. The average molecular weight is 283 g/mol. The van der Waals surface area contributed by atoms with Crippen LogP contribution in [0.2, 0.25) is 0 Å². The fourth-order valence-corrected chi connectivity index (χ4v) is 2.02. The lowest BCUT2D eigenvalue weighted by molar-refractivity contribution is 0.466. The van der Waals surface area contributed by atoms with Crippen molar-refractivity contribution in [1.82, 2.24) is 9.97 Å². The van der Waals surface area contributed by atoms with Crippen molar-refractivity contribution in [1.29, 1.82) is 0 Å². The number of H-pyrrole nitrogens is 1. The molecule has 0 aliphatic rings. The van der Waals surface area contributed by atoms with E-state index in [0.29, 0.717) is 23.9 Å². The number of nitrogens with one attached hydrogen (secondary N) is 1. The minimum absolute atomic E-state index is 0.0679. The van der Waals surface area contributed by atoms with Gasteiger partial charge in [0.1, 0.15) is 16.9 Å². The van der Waals surface area contributed by atoms with Crippen LogP contribution < -0.4 is 5.63 Å². The van der Waals surface area contributed by atoms with E-state index in [1.165, 1.54) is 6.21 Å². The van der Waals surface area contributed by atoms with Gasteiger partial charge in [0.2, 0.25) is 0 Å². The monoisotopic (exact) mass is 283 g/mol. The summed E-state index contributed by atoms with van der Waals surface area (Å²) in [7, 11) is 0. The number of aromatic hydroxyl groups is 1. The van der Waals surface area contributed by atoms with Gasteiger partial charge in [-0.05, 0) is 12.1 Å². The Morgan fingerprint density at radius 2 is 2.24 bits per heavy atom. The number of nitrogens with zero attached hydrogens (tertiary/aromatic N) is 2. The highest BCUT2D eigenvalue weighted by atomic mass is 16.4.